The molecule has 21 heavy (non-hydrogen) atoms. The van der Waals surface area contributed by atoms with Gasteiger partial charge in [-0.15, -0.1) is 0 Å². The summed E-state index contributed by atoms with van der Waals surface area (Å²) in [6.07, 6.45) is 7.68. The summed E-state index contributed by atoms with van der Waals surface area (Å²) in [4.78, 5) is 16.6. The topological polar surface area (TPSA) is 53.0 Å². The molecule has 1 atom stereocenters. The van der Waals surface area contributed by atoms with Gasteiger partial charge < -0.3 is 14.7 Å². The number of hydrogen-bond acceptors (Lipinski definition) is 4. The molecule has 1 amide bonds. The number of methoxy groups -OCH3 is 1. The zero-order valence-corrected chi connectivity index (χ0v) is 13.4. The van der Waals surface area contributed by atoms with Crippen LogP contribution in [0.2, 0.25) is 0 Å². The zero-order valence-electron chi connectivity index (χ0n) is 13.4. The van der Waals surface area contributed by atoms with E-state index in [1.165, 1.54) is 32.1 Å². The van der Waals surface area contributed by atoms with Crippen LogP contribution in [0, 0.1) is 0 Å². The SMILES string of the molecule is COCCN1CCCC(O)(CN2CCCCCCC2)C1=O. The van der Waals surface area contributed by atoms with Crippen molar-refractivity contribution in [1.29, 1.82) is 0 Å². The van der Waals surface area contributed by atoms with Crippen molar-refractivity contribution in [2.45, 2.75) is 50.5 Å². The number of piperidine rings is 1. The van der Waals surface area contributed by atoms with Crippen molar-refractivity contribution in [3.63, 3.8) is 0 Å². The predicted octanol–water partition coefficient (Wildman–Crippen LogP) is 1.25. The molecule has 2 fully saturated rings. The van der Waals surface area contributed by atoms with Crippen LogP contribution in [0.4, 0.5) is 0 Å². The summed E-state index contributed by atoms with van der Waals surface area (Å²) in [6, 6.07) is 0. The Labute approximate surface area is 128 Å². The Kier molecular flexibility index (Phi) is 6.45. The van der Waals surface area contributed by atoms with Crippen LogP contribution in [0.5, 0.6) is 0 Å². The number of likely N-dealkylation sites (tertiary alicyclic amines) is 2. The van der Waals surface area contributed by atoms with Gasteiger partial charge in [-0.3, -0.25) is 9.69 Å². The van der Waals surface area contributed by atoms with Gasteiger partial charge >= 0.3 is 0 Å². The molecular weight excluding hydrogens is 268 g/mol. The number of aliphatic hydroxyl groups is 1. The molecule has 5 nitrogen and oxygen atoms in total. The van der Waals surface area contributed by atoms with Gasteiger partial charge in [0.1, 0.15) is 0 Å². The Hall–Kier alpha value is -0.650. The van der Waals surface area contributed by atoms with Crippen molar-refractivity contribution >= 4 is 5.91 Å². The van der Waals surface area contributed by atoms with E-state index in [1.807, 2.05) is 0 Å². The maximum absolute atomic E-state index is 12.6. The van der Waals surface area contributed by atoms with Gasteiger partial charge in [-0.25, -0.2) is 0 Å². The summed E-state index contributed by atoms with van der Waals surface area (Å²) < 4.78 is 5.06. The minimum Gasteiger partial charge on any atom is -0.383 e. The highest BCUT2D eigenvalue weighted by Gasteiger charge is 2.43. The number of ether oxygens (including phenoxy) is 1. The third kappa shape index (κ3) is 4.66. The molecule has 2 aliphatic rings. The first-order valence-electron chi connectivity index (χ1n) is 8.39. The van der Waals surface area contributed by atoms with Crippen LogP contribution >= 0.6 is 0 Å². The average Bonchev–Trinajstić information content (AvgIpc) is 2.44. The summed E-state index contributed by atoms with van der Waals surface area (Å²) in [5, 5.41) is 10.9. The molecule has 0 aromatic heterocycles. The lowest BCUT2D eigenvalue weighted by Crippen LogP contribution is -2.59. The molecule has 2 rings (SSSR count). The normalized spacial score (nSPS) is 29.2. The fourth-order valence-corrected chi connectivity index (χ4v) is 3.47. The Morgan fingerprint density at radius 1 is 1.10 bits per heavy atom. The Morgan fingerprint density at radius 2 is 1.76 bits per heavy atom. The lowest BCUT2D eigenvalue weighted by Gasteiger charge is -2.41. The molecule has 5 heteroatoms. The number of nitrogens with zero attached hydrogens (tertiary/aromatic N) is 2. The molecule has 122 valence electrons. The van der Waals surface area contributed by atoms with Crippen LogP contribution in [0.1, 0.15) is 44.9 Å². The minimum absolute atomic E-state index is 0.104. The summed E-state index contributed by atoms with van der Waals surface area (Å²) in [6.45, 7) is 4.37. The third-order valence-corrected chi connectivity index (χ3v) is 4.70. The molecule has 0 aromatic rings. The largest absolute Gasteiger partial charge is 0.383 e. The summed E-state index contributed by atoms with van der Waals surface area (Å²) in [7, 11) is 1.64. The summed E-state index contributed by atoms with van der Waals surface area (Å²) >= 11 is 0. The second-order valence-electron chi connectivity index (χ2n) is 6.46. The number of rotatable bonds is 5. The first kappa shape index (κ1) is 16.7. The monoisotopic (exact) mass is 298 g/mol. The van der Waals surface area contributed by atoms with E-state index in [9.17, 15) is 9.90 Å². The molecule has 0 aliphatic carbocycles. The van der Waals surface area contributed by atoms with Gasteiger partial charge in [0.2, 0.25) is 0 Å². The van der Waals surface area contributed by atoms with E-state index in [0.717, 1.165) is 26.1 Å². The van der Waals surface area contributed by atoms with Crippen molar-refractivity contribution in [3.8, 4) is 0 Å². The van der Waals surface area contributed by atoms with Crippen molar-refractivity contribution in [2.75, 3.05) is 46.4 Å². The van der Waals surface area contributed by atoms with E-state index in [4.69, 9.17) is 4.74 Å². The highest BCUT2D eigenvalue weighted by molar-refractivity contribution is 5.86. The molecule has 0 spiro atoms. The van der Waals surface area contributed by atoms with Gasteiger partial charge in [-0.05, 0) is 38.8 Å². The smallest absolute Gasteiger partial charge is 0.255 e. The molecular formula is C16H30N2O3. The van der Waals surface area contributed by atoms with E-state index in [-0.39, 0.29) is 5.91 Å². The minimum atomic E-state index is -1.19. The van der Waals surface area contributed by atoms with Crippen molar-refractivity contribution < 1.29 is 14.6 Å². The van der Waals surface area contributed by atoms with E-state index in [1.54, 1.807) is 12.0 Å². The number of amides is 1. The molecule has 0 bridgehead atoms. The van der Waals surface area contributed by atoms with Crippen LogP contribution in [0.15, 0.2) is 0 Å². The molecule has 2 heterocycles. The van der Waals surface area contributed by atoms with Gasteiger partial charge in [-0.1, -0.05) is 19.3 Å². The second kappa shape index (κ2) is 8.11. The van der Waals surface area contributed by atoms with Crippen LogP contribution in [-0.2, 0) is 9.53 Å². The van der Waals surface area contributed by atoms with Crippen molar-refractivity contribution in [1.82, 2.24) is 9.80 Å². The van der Waals surface area contributed by atoms with Crippen molar-refractivity contribution in [3.05, 3.63) is 0 Å². The fraction of sp³-hybridized carbons (Fsp3) is 0.938. The number of β-amino-alcohol motifs (C(OH)–C–C–N with tert-alkyl or cyclic N) is 1. The first-order chi connectivity index (χ1) is 10.2. The van der Waals surface area contributed by atoms with Crippen LogP contribution < -0.4 is 0 Å². The molecule has 1 unspecified atom stereocenters. The second-order valence-corrected chi connectivity index (χ2v) is 6.46. The molecule has 1 N–H and O–H groups in total. The van der Waals surface area contributed by atoms with Crippen LogP contribution in [0.25, 0.3) is 0 Å². The van der Waals surface area contributed by atoms with Gasteiger partial charge in [0.15, 0.2) is 5.60 Å². The lowest BCUT2D eigenvalue weighted by atomic mass is 9.90. The third-order valence-electron chi connectivity index (χ3n) is 4.70. The van der Waals surface area contributed by atoms with Crippen LogP contribution in [0.3, 0.4) is 0 Å². The summed E-state index contributed by atoms with van der Waals surface area (Å²) in [5.74, 6) is -0.104. The summed E-state index contributed by atoms with van der Waals surface area (Å²) in [5.41, 5.74) is -1.19. The van der Waals surface area contributed by atoms with Gasteiger partial charge in [-0.2, -0.15) is 0 Å². The molecule has 2 saturated heterocycles. The number of hydrogen-bond donors (Lipinski definition) is 1. The Bertz CT molecular complexity index is 329. The zero-order chi connectivity index (χ0) is 15.1. The maximum Gasteiger partial charge on any atom is 0.255 e. The Morgan fingerprint density at radius 3 is 2.43 bits per heavy atom. The highest BCUT2D eigenvalue weighted by atomic mass is 16.5. The quantitative estimate of drug-likeness (QED) is 0.830. The Balaban J connectivity index is 1.93. The predicted molar refractivity (Wildman–Crippen MR) is 82.2 cm³/mol. The average molecular weight is 298 g/mol. The van der Waals surface area contributed by atoms with E-state index < -0.39 is 5.60 Å². The standard InChI is InChI=1S/C16H30N2O3/c1-21-13-12-18-11-7-8-16(20,15(18)19)14-17-9-5-3-2-4-6-10-17/h20H,2-14H2,1H3. The van der Waals surface area contributed by atoms with Gasteiger partial charge in [0, 0.05) is 26.7 Å². The van der Waals surface area contributed by atoms with E-state index >= 15 is 0 Å². The van der Waals surface area contributed by atoms with E-state index in [0.29, 0.717) is 26.1 Å². The molecule has 0 radical (unpaired) electrons. The number of carbonyl (C=O) groups excluding carboxylic acids is 1. The molecule has 2 aliphatic heterocycles. The van der Waals surface area contributed by atoms with Gasteiger partial charge in [0.05, 0.1) is 6.61 Å². The van der Waals surface area contributed by atoms with Gasteiger partial charge in [0.25, 0.3) is 5.91 Å². The molecule has 0 saturated carbocycles. The number of carbonyl (C=O) groups is 1. The van der Waals surface area contributed by atoms with Crippen LogP contribution in [-0.4, -0.2) is 72.9 Å². The lowest BCUT2D eigenvalue weighted by molar-refractivity contribution is -0.160. The maximum atomic E-state index is 12.6. The highest BCUT2D eigenvalue weighted by Crippen LogP contribution is 2.25. The molecule has 0 aromatic carbocycles. The van der Waals surface area contributed by atoms with Crippen molar-refractivity contribution in [2.24, 2.45) is 0 Å². The first-order valence-corrected chi connectivity index (χ1v) is 8.39. The van der Waals surface area contributed by atoms with E-state index in [2.05, 4.69) is 4.90 Å². The fourth-order valence-electron chi connectivity index (χ4n) is 3.47.